The van der Waals surface area contributed by atoms with Crippen molar-refractivity contribution in [2.45, 2.75) is 30.8 Å². The zero-order valence-electron chi connectivity index (χ0n) is 17.0. The lowest BCUT2D eigenvalue weighted by Crippen LogP contribution is -2.22. The summed E-state index contributed by atoms with van der Waals surface area (Å²) in [5.41, 5.74) is 6.77. The maximum atomic E-state index is 12.7. The molecular weight excluding hydrogens is 400 g/mol. The van der Waals surface area contributed by atoms with Crippen LogP contribution in [0.5, 0.6) is 5.75 Å². The number of likely N-dealkylation sites (tertiary alicyclic amines) is 1. The molecule has 1 aliphatic heterocycles. The monoisotopic (exact) mass is 428 g/mol. The summed E-state index contributed by atoms with van der Waals surface area (Å²) in [7, 11) is -3.31. The lowest BCUT2D eigenvalue weighted by molar-refractivity contribution is 0.304. The third kappa shape index (κ3) is 6.14. The van der Waals surface area contributed by atoms with E-state index in [0.29, 0.717) is 22.8 Å². The van der Waals surface area contributed by atoms with Crippen LogP contribution < -0.4 is 10.5 Å². The van der Waals surface area contributed by atoms with Crippen LogP contribution >= 0.6 is 0 Å². The van der Waals surface area contributed by atoms with Gasteiger partial charge in [-0.3, -0.25) is 10.4 Å². The molecule has 0 aliphatic carbocycles. The molecule has 1 aromatic carbocycles. The number of pyridine rings is 1. The van der Waals surface area contributed by atoms with Crippen molar-refractivity contribution in [3.63, 3.8) is 0 Å². The highest BCUT2D eigenvalue weighted by atomic mass is 32.2. The van der Waals surface area contributed by atoms with Crippen molar-refractivity contribution in [2.75, 3.05) is 25.4 Å². The Bertz CT molecular complexity index is 982. The molecule has 160 valence electrons. The highest BCUT2D eigenvalue weighted by Crippen LogP contribution is 2.18. The van der Waals surface area contributed by atoms with Crippen molar-refractivity contribution in [2.24, 2.45) is 5.73 Å². The molecule has 1 fully saturated rings. The van der Waals surface area contributed by atoms with E-state index in [1.54, 1.807) is 30.3 Å². The van der Waals surface area contributed by atoms with Crippen molar-refractivity contribution < 1.29 is 13.2 Å². The molecule has 1 aliphatic rings. The zero-order valence-corrected chi connectivity index (χ0v) is 17.8. The number of hydrogen-bond donors (Lipinski definition) is 2. The minimum Gasteiger partial charge on any atom is -0.487 e. The lowest BCUT2D eigenvalue weighted by atomic mass is 10.2. The number of rotatable bonds is 10. The third-order valence-corrected chi connectivity index (χ3v) is 6.82. The fourth-order valence-corrected chi connectivity index (χ4v) is 4.77. The summed E-state index contributed by atoms with van der Waals surface area (Å²) >= 11 is 0. The van der Waals surface area contributed by atoms with Crippen molar-refractivity contribution >= 4 is 15.5 Å². The van der Waals surface area contributed by atoms with Gasteiger partial charge in [0.2, 0.25) is 0 Å². The molecule has 3 N–H and O–H groups in total. The SMILES string of the molecule is N=C(C=CN)c1ccc(OCc2cccc(S(=O)(=O)CCCN3CCCC3)c2)cn1. The molecule has 0 amide bonds. The van der Waals surface area contributed by atoms with Crippen LogP contribution in [0.2, 0.25) is 0 Å². The maximum absolute atomic E-state index is 12.7. The van der Waals surface area contributed by atoms with Gasteiger partial charge in [-0.1, -0.05) is 12.1 Å². The number of aromatic nitrogens is 1. The number of allylic oxidation sites excluding steroid dienone is 1. The van der Waals surface area contributed by atoms with Gasteiger partial charge in [-0.2, -0.15) is 0 Å². The van der Waals surface area contributed by atoms with E-state index in [9.17, 15) is 8.42 Å². The Morgan fingerprint density at radius 3 is 2.73 bits per heavy atom. The van der Waals surface area contributed by atoms with Crippen LogP contribution in [0.4, 0.5) is 0 Å². The van der Waals surface area contributed by atoms with Crippen LogP contribution in [0.15, 0.2) is 59.8 Å². The molecular formula is C22H28N4O3S. The Hall–Kier alpha value is -2.71. The first-order valence-corrected chi connectivity index (χ1v) is 11.7. The Balaban J connectivity index is 1.56. The zero-order chi connectivity index (χ0) is 21.4. The summed E-state index contributed by atoms with van der Waals surface area (Å²) in [5.74, 6) is 0.699. The highest BCUT2D eigenvalue weighted by Gasteiger charge is 2.17. The smallest absolute Gasteiger partial charge is 0.178 e. The second kappa shape index (κ2) is 10.4. The summed E-state index contributed by atoms with van der Waals surface area (Å²) in [6.45, 7) is 3.23. The first kappa shape index (κ1) is 22.0. The Morgan fingerprint density at radius 2 is 2.03 bits per heavy atom. The van der Waals surface area contributed by atoms with E-state index in [4.69, 9.17) is 15.9 Å². The second-order valence-electron chi connectivity index (χ2n) is 7.31. The quantitative estimate of drug-likeness (QED) is 0.563. The largest absolute Gasteiger partial charge is 0.487 e. The van der Waals surface area contributed by atoms with E-state index in [0.717, 1.165) is 25.2 Å². The molecule has 1 saturated heterocycles. The van der Waals surface area contributed by atoms with Crippen LogP contribution in [0.25, 0.3) is 0 Å². The van der Waals surface area contributed by atoms with E-state index >= 15 is 0 Å². The molecule has 8 heteroatoms. The van der Waals surface area contributed by atoms with Crippen LogP contribution in [-0.2, 0) is 16.4 Å². The molecule has 0 bridgehead atoms. The summed E-state index contributed by atoms with van der Waals surface area (Å²) in [6.07, 6.45) is 7.35. The molecule has 2 aromatic rings. The number of ether oxygens (including phenoxy) is 1. The summed E-state index contributed by atoms with van der Waals surface area (Å²) in [4.78, 5) is 6.84. The van der Waals surface area contributed by atoms with Crippen molar-refractivity contribution in [1.82, 2.24) is 9.88 Å². The molecule has 0 saturated carbocycles. The van der Waals surface area contributed by atoms with E-state index in [1.807, 2.05) is 6.07 Å². The molecule has 1 aromatic heterocycles. The summed E-state index contributed by atoms with van der Waals surface area (Å²) in [6, 6.07) is 10.3. The van der Waals surface area contributed by atoms with E-state index in [2.05, 4.69) is 9.88 Å². The molecule has 0 radical (unpaired) electrons. The third-order valence-electron chi connectivity index (χ3n) is 5.02. The standard InChI is InChI=1S/C22H28N4O3S/c23-10-9-21(24)22-8-7-19(16-25-22)29-17-18-5-3-6-20(15-18)30(27,28)14-4-13-26-11-1-2-12-26/h3,5-10,15-16,24H,1-2,4,11-14,17,23H2. The number of sulfone groups is 1. The molecule has 7 nitrogen and oxygen atoms in total. The predicted molar refractivity (Wildman–Crippen MR) is 118 cm³/mol. The Labute approximate surface area is 178 Å². The Kier molecular flexibility index (Phi) is 7.59. The second-order valence-corrected chi connectivity index (χ2v) is 9.42. The van der Waals surface area contributed by atoms with Gasteiger partial charge < -0.3 is 15.4 Å². The molecule has 0 unspecified atom stereocenters. The van der Waals surface area contributed by atoms with Crippen molar-refractivity contribution in [3.05, 3.63) is 66.1 Å². The molecule has 3 rings (SSSR count). The lowest BCUT2D eigenvalue weighted by Gasteiger charge is -2.14. The van der Waals surface area contributed by atoms with Crippen LogP contribution in [-0.4, -0.2) is 49.4 Å². The maximum Gasteiger partial charge on any atom is 0.178 e. The van der Waals surface area contributed by atoms with Gasteiger partial charge in [0.1, 0.15) is 12.4 Å². The van der Waals surface area contributed by atoms with Gasteiger partial charge in [-0.15, -0.1) is 0 Å². The minimum absolute atomic E-state index is 0.155. The van der Waals surface area contributed by atoms with Gasteiger partial charge in [0.05, 0.1) is 28.3 Å². The molecule has 0 atom stereocenters. The number of benzene rings is 1. The van der Waals surface area contributed by atoms with Crippen LogP contribution in [0.1, 0.15) is 30.5 Å². The normalized spacial score (nSPS) is 14.9. The van der Waals surface area contributed by atoms with Gasteiger partial charge in [0, 0.05) is 0 Å². The fourth-order valence-electron chi connectivity index (χ4n) is 3.40. The first-order chi connectivity index (χ1) is 14.5. The van der Waals surface area contributed by atoms with Crippen molar-refractivity contribution in [1.29, 1.82) is 5.41 Å². The van der Waals surface area contributed by atoms with Crippen molar-refractivity contribution in [3.8, 4) is 5.75 Å². The molecule has 30 heavy (non-hydrogen) atoms. The molecule has 2 heterocycles. The summed E-state index contributed by atoms with van der Waals surface area (Å²) < 4.78 is 31.1. The minimum atomic E-state index is -3.31. The highest BCUT2D eigenvalue weighted by molar-refractivity contribution is 7.91. The number of nitrogens with one attached hydrogen (secondary N) is 1. The van der Waals surface area contributed by atoms with Gasteiger partial charge >= 0.3 is 0 Å². The van der Waals surface area contributed by atoms with Gasteiger partial charge in [-0.05, 0) is 81.0 Å². The number of nitrogens with two attached hydrogens (primary N) is 1. The number of hydrogen-bond acceptors (Lipinski definition) is 7. The average Bonchev–Trinajstić information content (AvgIpc) is 3.26. The van der Waals surface area contributed by atoms with E-state index in [-0.39, 0.29) is 18.1 Å². The first-order valence-electron chi connectivity index (χ1n) is 10.1. The van der Waals surface area contributed by atoms with Crippen LogP contribution in [0.3, 0.4) is 0 Å². The molecule has 0 spiro atoms. The fraction of sp³-hybridized carbons (Fsp3) is 0.364. The van der Waals surface area contributed by atoms with E-state index < -0.39 is 9.84 Å². The van der Waals surface area contributed by atoms with E-state index in [1.165, 1.54) is 31.3 Å². The topological polar surface area (TPSA) is 109 Å². The van der Waals surface area contributed by atoms with Gasteiger partial charge in [0.25, 0.3) is 0 Å². The Morgan fingerprint density at radius 1 is 1.23 bits per heavy atom. The predicted octanol–water partition coefficient (Wildman–Crippen LogP) is 2.76. The summed E-state index contributed by atoms with van der Waals surface area (Å²) in [5, 5.41) is 7.79. The van der Waals surface area contributed by atoms with Gasteiger partial charge in [-0.25, -0.2) is 8.42 Å². The van der Waals surface area contributed by atoms with Crippen LogP contribution in [0, 0.1) is 5.41 Å². The number of nitrogens with zero attached hydrogens (tertiary/aromatic N) is 2. The van der Waals surface area contributed by atoms with Gasteiger partial charge in [0.15, 0.2) is 9.84 Å². The average molecular weight is 429 g/mol.